The Bertz CT molecular complexity index is 212. The second-order valence-corrected chi connectivity index (χ2v) is 3.75. The van der Waals surface area contributed by atoms with E-state index in [1.54, 1.807) is 0 Å². The Morgan fingerprint density at radius 2 is 1.40 bits per heavy atom. The molecule has 0 bridgehead atoms. The normalized spacial score (nSPS) is 14.9. The van der Waals surface area contributed by atoms with Gasteiger partial charge in [-0.2, -0.15) is 26.3 Å². The highest BCUT2D eigenvalue weighted by molar-refractivity contribution is 14.1. The fourth-order valence-electron chi connectivity index (χ4n) is 0.917. The molecule has 0 aliphatic carbocycles. The molecule has 0 N–H and O–H groups in total. The highest BCUT2D eigenvalue weighted by Gasteiger charge is 2.69. The molecule has 0 amide bonds. The summed E-state index contributed by atoms with van der Waals surface area (Å²) < 4.78 is 73.6. The van der Waals surface area contributed by atoms with Gasteiger partial charge in [-0.05, 0) is 13.3 Å². The molecule has 0 heterocycles. The minimum Gasteiger partial charge on any atom is -0.170 e. The zero-order valence-electron chi connectivity index (χ0n) is 7.71. The average molecular weight is 346 g/mol. The number of hydrogen-bond donors (Lipinski definition) is 0. The Labute approximate surface area is 96.9 Å². The molecule has 0 aromatic carbocycles. The molecule has 15 heavy (non-hydrogen) atoms. The van der Waals surface area contributed by atoms with Crippen molar-refractivity contribution in [2.45, 2.75) is 25.7 Å². The summed E-state index contributed by atoms with van der Waals surface area (Å²) in [7, 11) is 0. The first-order valence-corrected chi connectivity index (χ1v) is 5.45. The van der Waals surface area contributed by atoms with E-state index in [0.29, 0.717) is 0 Å². The molecule has 7 heteroatoms. The van der Waals surface area contributed by atoms with Crippen LogP contribution in [0, 0.1) is 5.41 Å². The summed E-state index contributed by atoms with van der Waals surface area (Å²) in [6.07, 6.45) is -9.57. The summed E-state index contributed by atoms with van der Waals surface area (Å²) in [5.74, 6) is 0. The van der Waals surface area contributed by atoms with Gasteiger partial charge in [0.25, 0.3) is 0 Å². The standard InChI is InChI=1S/C8H9F6I/c1-2-3-4-6(5-15,7(9,10)11)8(12,13)14/h2-3H,4-5H2,1H3/b3-2+. The minimum absolute atomic E-state index is 0.889. The van der Waals surface area contributed by atoms with Gasteiger partial charge in [0.2, 0.25) is 0 Å². The molecule has 0 fully saturated rings. The number of alkyl halides is 7. The Morgan fingerprint density at radius 1 is 1.00 bits per heavy atom. The average Bonchev–Trinajstić information content (AvgIpc) is 2.01. The first-order valence-electron chi connectivity index (χ1n) is 3.93. The molecule has 0 aliphatic rings. The summed E-state index contributed by atoms with van der Waals surface area (Å²) in [4.78, 5) is 0. The maximum absolute atomic E-state index is 12.4. The molecule has 0 rings (SSSR count). The van der Waals surface area contributed by atoms with Gasteiger partial charge in [0.05, 0.1) is 0 Å². The van der Waals surface area contributed by atoms with E-state index >= 15 is 0 Å². The summed E-state index contributed by atoms with van der Waals surface area (Å²) in [5.41, 5.74) is -3.63. The van der Waals surface area contributed by atoms with Crippen molar-refractivity contribution in [1.82, 2.24) is 0 Å². The molecule has 0 saturated carbocycles. The molecule has 0 atom stereocenters. The van der Waals surface area contributed by atoms with E-state index in [9.17, 15) is 26.3 Å². The van der Waals surface area contributed by atoms with Crippen LogP contribution in [0.4, 0.5) is 26.3 Å². The molecule has 0 saturated heterocycles. The lowest BCUT2D eigenvalue weighted by Gasteiger charge is -2.35. The zero-order valence-corrected chi connectivity index (χ0v) is 9.87. The molecular weight excluding hydrogens is 337 g/mol. The van der Waals surface area contributed by atoms with Gasteiger partial charge >= 0.3 is 12.4 Å². The Balaban J connectivity index is 5.32. The van der Waals surface area contributed by atoms with Crippen LogP contribution in [0.5, 0.6) is 0 Å². The number of allylic oxidation sites excluding steroid dienone is 2. The Morgan fingerprint density at radius 3 is 1.60 bits per heavy atom. The van der Waals surface area contributed by atoms with Gasteiger partial charge in [0.15, 0.2) is 5.41 Å². The first kappa shape index (κ1) is 15.0. The van der Waals surface area contributed by atoms with E-state index in [1.807, 2.05) is 0 Å². The molecule has 0 spiro atoms. The predicted molar refractivity (Wildman–Crippen MR) is 52.9 cm³/mol. The van der Waals surface area contributed by atoms with E-state index in [-0.39, 0.29) is 0 Å². The monoisotopic (exact) mass is 346 g/mol. The van der Waals surface area contributed by atoms with Gasteiger partial charge in [-0.1, -0.05) is 34.7 Å². The highest BCUT2D eigenvalue weighted by atomic mass is 127. The number of hydrogen-bond acceptors (Lipinski definition) is 0. The lowest BCUT2D eigenvalue weighted by atomic mass is 9.85. The van der Waals surface area contributed by atoms with Crippen LogP contribution in [0.15, 0.2) is 12.2 Å². The van der Waals surface area contributed by atoms with E-state index in [2.05, 4.69) is 0 Å². The van der Waals surface area contributed by atoms with Crippen LogP contribution in [0.3, 0.4) is 0 Å². The molecular formula is C8H9F6I. The maximum Gasteiger partial charge on any atom is 0.404 e. The lowest BCUT2D eigenvalue weighted by Crippen LogP contribution is -2.51. The SMILES string of the molecule is C/C=C/CC(CI)(C(F)(F)F)C(F)(F)F. The van der Waals surface area contributed by atoms with Crippen molar-refractivity contribution in [3.05, 3.63) is 12.2 Å². The molecule has 0 aromatic rings. The van der Waals surface area contributed by atoms with Crippen LogP contribution in [0.2, 0.25) is 0 Å². The summed E-state index contributed by atoms with van der Waals surface area (Å²) >= 11 is 1.12. The fraction of sp³-hybridized carbons (Fsp3) is 0.750. The predicted octanol–water partition coefficient (Wildman–Crippen LogP) is 4.50. The molecule has 0 unspecified atom stereocenters. The second kappa shape index (κ2) is 4.92. The van der Waals surface area contributed by atoms with Crippen molar-refractivity contribution in [3.63, 3.8) is 0 Å². The van der Waals surface area contributed by atoms with Gasteiger partial charge in [-0.3, -0.25) is 0 Å². The maximum atomic E-state index is 12.4. The third-order valence-electron chi connectivity index (χ3n) is 2.02. The zero-order chi connectivity index (χ0) is 12.3. The van der Waals surface area contributed by atoms with Crippen molar-refractivity contribution in [2.24, 2.45) is 5.41 Å². The molecule has 0 aromatic heterocycles. The van der Waals surface area contributed by atoms with Crippen LogP contribution >= 0.6 is 22.6 Å². The molecule has 0 aliphatic heterocycles. The topological polar surface area (TPSA) is 0 Å². The number of halogens is 7. The van der Waals surface area contributed by atoms with Gasteiger partial charge in [-0.25, -0.2) is 0 Å². The Hall–Kier alpha value is 0.0500. The van der Waals surface area contributed by atoms with Crippen LogP contribution < -0.4 is 0 Å². The van der Waals surface area contributed by atoms with Crippen molar-refractivity contribution >= 4 is 22.6 Å². The van der Waals surface area contributed by atoms with Crippen LogP contribution in [-0.4, -0.2) is 16.8 Å². The largest absolute Gasteiger partial charge is 0.404 e. The van der Waals surface area contributed by atoms with Crippen molar-refractivity contribution in [3.8, 4) is 0 Å². The molecule has 90 valence electrons. The molecule has 0 nitrogen and oxygen atoms in total. The fourth-order valence-corrected chi connectivity index (χ4v) is 2.09. The van der Waals surface area contributed by atoms with E-state index in [0.717, 1.165) is 28.7 Å². The van der Waals surface area contributed by atoms with Crippen molar-refractivity contribution in [1.29, 1.82) is 0 Å². The van der Waals surface area contributed by atoms with Crippen LogP contribution in [0.1, 0.15) is 13.3 Å². The van der Waals surface area contributed by atoms with E-state index in [1.165, 1.54) is 13.0 Å². The third kappa shape index (κ3) is 3.01. The summed E-state index contributed by atoms with van der Waals surface area (Å²) in [6.45, 7) is 1.38. The lowest BCUT2D eigenvalue weighted by molar-refractivity contribution is -0.329. The highest BCUT2D eigenvalue weighted by Crippen LogP contribution is 2.53. The first-order chi connectivity index (χ1) is 6.62. The third-order valence-corrected chi connectivity index (χ3v) is 3.32. The smallest absolute Gasteiger partial charge is 0.170 e. The van der Waals surface area contributed by atoms with Crippen LogP contribution in [-0.2, 0) is 0 Å². The second-order valence-electron chi connectivity index (χ2n) is 2.98. The quantitative estimate of drug-likeness (QED) is 0.306. The van der Waals surface area contributed by atoms with Gasteiger partial charge in [0, 0.05) is 4.43 Å². The molecule has 0 radical (unpaired) electrons. The Kier molecular flexibility index (Phi) is 4.94. The van der Waals surface area contributed by atoms with Crippen molar-refractivity contribution in [2.75, 3.05) is 4.43 Å². The number of rotatable bonds is 3. The van der Waals surface area contributed by atoms with E-state index in [4.69, 9.17) is 0 Å². The van der Waals surface area contributed by atoms with Crippen LogP contribution in [0.25, 0.3) is 0 Å². The van der Waals surface area contributed by atoms with E-state index < -0.39 is 28.6 Å². The summed E-state index contributed by atoms with van der Waals surface area (Å²) in [5, 5.41) is 0. The van der Waals surface area contributed by atoms with Gasteiger partial charge in [-0.15, -0.1) is 0 Å². The minimum atomic E-state index is -5.29. The summed E-state index contributed by atoms with van der Waals surface area (Å²) in [6, 6.07) is 0. The van der Waals surface area contributed by atoms with Crippen molar-refractivity contribution < 1.29 is 26.3 Å². The van der Waals surface area contributed by atoms with Gasteiger partial charge in [0.1, 0.15) is 0 Å². The van der Waals surface area contributed by atoms with Gasteiger partial charge < -0.3 is 0 Å².